The molecule has 1 fully saturated rings. The molecule has 1 atom stereocenters. The Bertz CT molecular complexity index is 535. The number of likely N-dealkylation sites (tertiary alicyclic amines) is 1. The molecule has 4 nitrogen and oxygen atoms in total. The highest BCUT2D eigenvalue weighted by molar-refractivity contribution is 14.1. The Labute approximate surface area is 140 Å². The lowest BCUT2D eigenvalue weighted by molar-refractivity contribution is -0.147. The molecule has 1 aromatic rings. The lowest BCUT2D eigenvalue weighted by Crippen LogP contribution is -2.41. The fourth-order valence-electron chi connectivity index (χ4n) is 2.31. The van der Waals surface area contributed by atoms with Crippen molar-refractivity contribution in [2.45, 2.75) is 25.8 Å². The Kier molecular flexibility index (Phi) is 5.42. The van der Waals surface area contributed by atoms with Gasteiger partial charge in [0, 0.05) is 14.6 Å². The molecule has 1 heterocycles. The van der Waals surface area contributed by atoms with E-state index in [2.05, 4.69) is 38.5 Å². The van der Waals surface area contributed by atoms with E-state index in [9.17, 15) is 9.59 Å². The molecule has 0 saturated carbocycles. The third-order valence-electron chi connectivity index (χ3n) is 3.23. The summed E-state index contributed by atoms with van der Waals surface area (Å²) in [7, 11) is 0. The number of benzene rings is 1. The van der Waals surface area contributed by atoms with Crippen LogP contribution in [0.4, 0.5) is 0 Å². The van der Waals surface area contributed by atoms with Crippen molar-refractivity contribution >= 4 is 50.4 Å². The first-order valence-corrected chi connectivity index (χ1v) is 8.34. The monoisotopic (exact) mass is 451 g/mol. The summed E-state index contributed by atoms with van der Waals surface area (Å²) < 4.78 is 6.78. The zero-order valence-corrected chi connectivity index (χ0v) is 14.8. The number of hydrogen-bond donors (Lipinski definition) is 0. The molecule has 0 aromatic heterocycles. The largest absolute Gasteiger partial charge is 0.464 e. The smallest absolute Gasteiger partial charge is 0.328 e. The van der Waals surface area contributed by atoms with Gasteiger partial charge in [-0.3, -0.25) is 4.79 Å². The normalized spacial score (nSPS) is 18.1. The number of esters is 1. The van der Waals surface area contributed by atoms with Gasteiger partial charge in [0.25, 0.3) is 5.91 Å². The zero-order valence-electron chi connectivity index (χ0n) is 11.1. The minimum absolute atomic E-state index is 0.119. The van der Waals surface area contributed by atoms with E-state index in [0.29, 0.717) is 25.1 Å². The lowest BCUT2D eigenvalue weighted by atomic mass is 10.1. The fraction of sp³-hybridized carbons (Fsp3) is 0.429. The molecule has 20 heavy (non-hydrogen) atoms. The maximum atomic E-state index is 12.6. The van der Waals surface area contributed by atoms with Crippen LogP contribution in [-0.4, -0.2) is 36.0 Å². The van der Waals surface area contributed by atoms with Gasteiger partial charge in [0.2, 0.25) is 0 Å². The van der Waals surface area contributed by atoms with Crippen molar-refractivity contribution in [3.63, 3.8) is 0 Å². The van der Waals surface area contributed by atoms with Crippen molar-refractivity contribution in [3.05, 3.63) is 31.8 Å². The van der Waals surface area contributed by atoms with Crippen molar-refractivity contribution in [2.24, 2.45) is 0 Å². The van der Waals surface area contributed by atoms with E-state index in [0.717, 1.165) is 14.5 Å². The van der Waals surface area contributed by atoms with Crippen LogP contribution in [0.25, 0.3) is 0 Å². The van der Waals surface area contributed by atoms with Crippen LogP contribution in [0.3, 0.4) is 0 Å². The van der Waals surface area contributed by atoms with Gasteiger partial charge in [-0.2, -0.15) is 0 Å². The van der Waals surface area contributed by atoms with Gasteiger partial charge in [0.15, 0.2) is 0 Å². The zero-order chi connectivity index (χ0) is 14.7. The highest BCUT2D eigenvalue weighted by Gasteiger charge is 2.36. The van der Waals surface area contributed by atoms with Gasteiger partial charge in [-0.1, -0.05) is 0 Å². The number of rotatable bonds is 3. The molecule has 1 aliphatic rings. The number of carbonyl (C=O) groups excluding carboxylic acids is 2. The highest BCUT2D eigenvalue weighted by Crippen LogP contribution is 2.26. The average Bonchev–Trinajstić information content (AvgIpc) is 2.90. The van der Waals surface area contributed by atoms with Crippen LogP contribution in [-0.2, 0) is 9.53 Å². The Morgan fingerprint density at radius 2 is 2.25 bits per heavy atom. The molecule has 1 aromatic carbocycles. The molecule has 6 heteroatoms. The predicted octanol–water partition coefficient (Wildman–Crippen LogP) is 3.22. The average molecular weight is 452 g/mol. The first-order chi connectivity index (χ1) is 9.54. The van der Waals surface area contributed by atoms with E-state index in [4.69, 9.17) is 4.74 Å². The number of amides is 1. The van der Waals surface area contributed by atoms with Crippen molar-refractivity contribution in [3.8, 4) is 0 Å². The van der Waals surface area contributed by atoms with Gasteiger partial charge >= 0.3 is 5.97 Å². The maximum absolute atomic E-state index is 12.6. The summed E-state index contributed by atoms with van der Waals surface area (Å²) in [6.07, 6.45) is 1.50. The van der Waals surface area contributed by atoms with Crippen molar-refractivity contribution in [1.29, 1.82) is 0 Å². The van der Waals surface area contributed by atoms with Crippen molar-refractivity contribution < 1.29 is 14.3 Å². The highest BCUT2D eigenvalue weighted by atomic mass is 127. The Balaban J connectivity index is 2.23. The number of nitrogens with zero attached hydrogens (tertiary/aromatic N) is 1. The molecule has 108 valence electrons. The summed E-state index contributed by atoms with van der Waals surface area (Å²) in [5.41, 5.74) is 0.591. The van der Waals surface area contributed by atoms with Gasteiger partial charge in [-0.15, -0.1) is 0 Å². The van der Waals surface area contributed by atoms with E-state index < -0.39 is 6.04 Å². The molecule has 0 radical (unpaired) electrons. The summed E-state index contributed by atoms with van der Waals surface area (Å²) in [5, 5.41) is 0. The van der Waals surface area contributed by atoms with Gasteiger partial charge < -0.3 is 9.64 Å². The van der Waals surface area contributed by atoms with Crippen LogP contribution >= 0.6 is 38.5 Å². The number of halogens is 2. The third kappa shape index (κ3) is 3.33. The summed E-state index contributed by atoms with van der Waals surface area (Å²) in [4.78, 5) is 26.2. The second-order valence-corrected chi connectivity index (χ2v) is 6.63. The van der Waals surface area contributed by atoms with E-state index >= 15 is 0 Å². The molecule has 0 N–H and O–H groups in total. The first kappa shape index (κ1) is 15.8. The molecule has 0 spiro atoms. The van der Waals surface area contributed by atoms with Crippen LogP contribution in [0.2, 0.25) is 0 Å². The van der Waals surface area contributed by atoms with Crippen LogP contribution in [0.15, 0.2) is 22.7 Å². The predicted molar refractivity (Wildman–Crippen MR) is 87.6 cm³/mol. The number of ether oxygens (including phenoxy) is 1. The molecule has 0 bridgehead atoms. The SMILES string of the molecule is CCOC(=O)C1CCCN1C(=O)c1cc(I)ccc1Br. The topological polar surface area (TPSA) is 46.6 Å². The van der Waals surface area contributed by atoms with E-state index in [-0.39, 0.29) is 11.9 Å². The summed E-state index contributed by atoms with van der Waals surface area (Å²) in [6.45, 7) is 2.71. The van der Waals surface area contributed by atoms with Gasteiger partial charge in [-0.25, -0.2) is 4.79 Å². The second-order valence-electron chi connectivity index (χ2n) is 4.53. The number of hydrogen-bond acceptors (Lipinski definition) is 3. The van der Waals surface area contributed by atoms with Crippen LogP contribution in [0, 0.1) is 3.57 Å². The van der Waals surface area contributed by atoms with Gasteiger partial charge in [0.05, 0.1) is 12.2 Å². The van der Waals surface area contributed by atoms with Gasteiger partial charge in [-0.05, 0) is 76.5 Å². The third-order valence-corrected chi connectivity index (χ3v) is 4.59. The molecule has 2 rings (SSSR count). The van der Waals surface area contributed by atoms with Crippen molar-refractivity contribution in [2.75, 3.05) is 13.2 Å². The summed E-state index contributed by atoms with van der Waals surface area (Å²) in [5.74, 6) is -0.425. The Morgan fingerprint density at radius 3 is 2.95 bits per heavy atom. The minimum atomic E-state index is -0.452. The van der Waals surface area contributed by atoms with Crippen LogP contribution < -0.4 is 0 Å². The molecular formula is C14H15BrINO3. The molecule has 0 aliphatic carbocycles. The quantitative estimate of drug-likeness (QED) is 0.523. The fourth-order valence-corrected chi connectivity index (χ4v) is 3.22. The minimum Gasteiger partial charge on any atom is -0.464 e. The van der Waals surface area contributed by atoms with E-state index in [1.807, 2.05) is 18.2 Å². The van der Waals surface area contributed by atoms with E-state index in [1.165, 1.54) is 0 Å². The molecule has 1 aliphatic heterocycles. The van der Waals surface area contributed by atoms with Gasteiger partial charge in [0.1, 0.15) is 6.04 Å². The summed E-state index contributed by atoms with van der Waals surface area (Å²) >= 11 is 5.57. The molecule has 1 saturated heterocycles. The number of carbonyl (C=O) groups is 2. The summed E-state index contributed by atoms with van der Waals surface area (Å²) in [6, 6.07) is 5.15. The van der Waals surface area contributed by atoms with Crippen LogP contribution in [0.1, 0.15) is 30.1 Å². The maximum Gasteiger partial charge on any atom is 0.328 e. The van der Waals surface area contributed by atoms with E-state index in [1.54, 1.807) is 11.8 Å². The molecule has 1 amide bonds. The lowest BCUT2D eigenvalue weighted by Gasteiger charge is -2.23. The van der Waals surface area contributed by atoms with Crippen LogP contribution in [0.5, 0.6) is 0 Å². The second kappa shape index (κ2) is 6.89. The van der Waals surface area contributed by atoms with Crippen molar-refractivity contribution in [1.82, 2.24) is 4.90 Å². The Morgan fingerprint density at radius 1 is 1.50 bits per heavy atom. The Hall–Kier alpha value is -0.630. The first-order valence-electron chi connectivity index (χ1n) is 6.47. The standard InChI is InChI=1S/C14H15BrINO3/c1-2-20-14(19)12-4-3-7-17(12)13(18)10-8-9(16)5-6-11(10)15/h5-6,8,12H,2-4,7H2,1H3. The molecule has 1 unspecified atom stereocenters. The molecular weight excluding hydrogens is 437 g/mol.